The van der Waals surface area contributed by atoms with Gasteiger partial charge in [0.05, 0.1) is 16.9 Å². The molecule has 5 rings (SSSR count). The van der Waals surface area contributed by atoms with Crippen LogP contribution in [0.2, 0.25) is 0 Å². The summed E-state index contributed by atoms with van der Waals surface area (Å²) in [5.74, 6) is 1.68. The van der Waals surface area contributed by atoms with Crippen molar-refractivity contribution in [3.8, 4) is 11.1 Å². The summed E-state index contributed by atoms with van der Waals surface area (Å²) in [5.41, 5.74) is 7.47. The molecular formula is C27H33N7. The molecule has 0 aliphatic carbocycles. The lowest BCUT2D eigenvalue weighted by atomic mass is 10.0. The molecule has 3 heterocycles. The van der Waals surface area contributed by atoms with Gasteiger partial charge in [-0.3, -0.25) is 4.90 Å². The van der Waals surface area contributed by atoms with Gasteiger partial charge in [0.2, 0.25) is 0 Å². The lowest BCUT2D eigenvalue weighted by molar-refractivity contribution is 0.209. The van der Waals surface area contributed by atoms with E-state index in [1.165, 1.54) is 11.3 Å². The number of rotatable bonds is 5. The number of nitrogens with one attached hydrogen (secondary N) is 1. The number of imidazole rings is 1. The molecule has 1 N–H and O–H groups in total. The average Bonchev–Trinajstić information content (AvgIpc) is 3.14. The molecule has 0 saturated carbocycles. The van der Waals surface area contributed by atoms with Crippen LogP contribution in [-0.4, -0.2) is 56.9 Å². The van der Waals surface area contributed by atoms with Gasteiger partial charge < -0.3 is 14.8 Å². The maximum absolute atomic E-state index is 4.80. The molecule has 0 spiro atoms. The third kappa shape index (κ3) is 4.35. The van der Waals surface area contributed by atoms with E-state index in [9.17, 15) is 0 Å². The molecule has 1 aliphatic rings. The van der Waals surface area contributed by atoms with Gasteiger partial charge >= 0.3 is 0 Å². The summed E-state index contributed by atoms with van der Waals surface area (Å²) in [4.78, 5) is 9.83. The second kappa shape index (κ2) is 9.06. The van der Waals surface area contributed by atoms with Crippen LogP contribution in [0, 0.1) is 13.8 Å². The van der Waals surface area contributed by atoms with Gasteiger partial charge in [-0.15, -0.1) is 5.10 Å². The number of piperazine rings is 1. The topological polar surface area (TPSA) is 62.1 Å². The highest BCUT2D eigenvalue weighted by Crippen LogP contribution is 2.33. The van der Waals surface area contributed by atoms with Crippen LogP contribution in [0.15, 0.2) is 48.5 Å². The molecule has 34 heavy (non-hydrogen) atoms. The van der Waals surface area contributed by atoms with Crippen molar-refractivity contribution in [3.05, 3.63) is 60.0 Å². The number of hydrogen-bond acceptors (Lipinski definition) is 6. The summed E-state index contributed by atoms with van der Waals surface area (Å²) in [6, 6.07) is 17.8. The maximum atomic E-state index is 4.80. The normalized spacial score (nSPS) is 14.8. The summed E-state index contributed by atoms with van der Waals surface area (Å²) in [6.45, 7) is 12.9. The van der Waals surface area contributed by atoms with Crippen molar-refractivity contribution >= 4 is 28.2 Å². The van der Waals surface area contributed by atoms with Crippen LogP contribution in [0.5, 0.6) is 0 Å². The molecule has 0 bridgehead atoms. The Morgan fingerprint density at radius 2 is 1.59 bits per heavy atom. The Morgan fingerprint density at radius 3 is 2.24 bits per heavy atom. The van der Waals surface area contributed by atoms with E-state index in [1.54, 1.807) is 0 Å². The Labute approximate surface area is 201 Å². The van der Waals surface area contributed by atoms with E-state index < -0.39 is 0 Å². The Morgan fingerprint density at radius 1 is 0.853 bits per heavy atom. The predicted molar refractivity (Wildman–Crippen MR) is 140 cm³/mol. The Hall–Kier alpha value is -3.45. The lowest BCUT2D eigenvalue weighted by Gasteiger charge is -2.38. The molecule has 1 saturated heterocycles. The highest BCUT2D eigenvalue weighted by atomic mass is 15.3. The van der Waals surface area contributed by atoms with E-state index >= 15 is 0 Å². The molecule has 2 aromatic heterocycles. The minimum atomic E-state index is 0.615. The maximum Gasteiger partial charge on any atom is 0.153 e. The first-order chi connectivity index (χ1) is 16.4. The minimum Gasteiger partial charge on any atom is -0.369 e. The van der Waals surface area contributed by atoms with Crippen molar-refractivity contribution in [2.75, 3.05) is 36.4 Å². The zero-order valence-corrected chi connectivity index (χ0v) is 20.7. The SMILES string of the molecule is Cc1ccc(Nc2cc(-c3ccc(N4CCN(C(C)C)CC4)cc3)cc3c2nc(C)n3C)nn1. The number of aryl methyl sites for hydroxylation is 3. The van der Waals surface area contributed by atoms with E-state index in [1.807, 2.05) is 26.0 Å². The van der Waals surface area contributed by atoms with Crippen molar-refractivity contribution < 1.29 is 0 Å². The van der Waals surface area contributed by atoms with Crippen LogP contribution in [0.4, 0.5) is 17.2 Å². The van der Waals surface area contributed by atoms with Crippen molar-refractivity contribution in [2.24, 2.45) is 7.05 Å². The number of nitrogens with zero attached hydrogens (tertiary/aromatic N) is 6. The van der Waals surface area contributed by atoms with E-state index in [2.05, 4.69) is 87.2 Å². The molecular weight excluding hydrogens is 422 g/mol. The summed E-state index contributed by atoms with van der Waals surface area (Å²) < 4.78 is 2.13. The summed E-state index contributed by atoms with van der Waals surface area (Å²) in [7, 11) is 2.06. The van der Waals surface area contributed by atoms with E-state index in [0.717, 1.165) is 60.0 Å². The van der Waals surface area contributed by atoms with Crippen molar-refractivity contribution in [1.29, 1.82) is 0 Å². The van der Waals surface area contributed by atoms with Crippen molar-refractivity contribution in [3.63, 3.8) is 0 Å². The quantitative estimate of drug-likeness (QED) is 0.461. The van der Waals surface area contributed by atoms with Gasteiger partial charge in [0, 0.05) is 45.0 Å². The zero-order chi connectivity index (χ0) is 23.8. The van der Waals surface area contributed by atoms with Gasteiger partial charge in [-0.2, -0.15) is 5.10 Å². The first kappa shape index (κ1) is 22.3. The van der Waals surface area contributed by atoms with Gasteiger partial charge in [-0.1, -0.05) is 12.1 Å². The fourth-order valence-corrected chi connectivity index (χ4v) is 4.63. The van der Waals surface area contributed by atoms with Crippen LogP contribution < -0.4 is 10.2 Å². The van der Waals surface area contributed by atoms with Gasteiger partial charge in [-0.25, -0.2) is 4.98 Å². The molecule has 4 aromatic rings. The highest BCUT2D eigenvalue weighted by molar-refractivity contribution is 5.95. The van der Waals surface area contributed by atoms with E-state index in [4.69, 9.17) is 4.98 Å². The first-order valence-corrected chi connectivity index (χ1v) is 12.0. The number of benzene rings is 2. The van der Waals surface area contributed by atoms with Crippen LogP contribution in [0.1, 0.15) is 25.4 Å². The molecule has 7 nitrogen and oxygen atoms in total. The van der Waals surface area contributed by atoms with Crippen LogP contribution >= 0.6 is 0 Å². The molecule has 0 unspecified atom stereocenters. The van der Waals surface area contributed by atoms with Crippen molar-refractivity contribution in [1.82, 2.24) is 24.6 Å². The predicted octanol–water partition coefficient (Wildman–Crippen LogP) is 4.92. The Bertz CT molecular complexity index is 1280. The van der Waals surface area contributed by atoms with Crippen molar-refractivity contribution in [2.45, 2.75) is 33.7 Å². The number of anilines is 3. The molecule has 2 aromatic carbocycles. The van der Waals surface area contributed by atoms with Crippen LogP contribution in [0.3, 0.4) is 0 Å². The fourth-order valence-electron chi connectivity index (χ4n) is 4.63. The smallest absolute Gasteiger partial charge is 0.153 e. The third-order valence-electron chi connectivity index (χ3n) is 6.88. The van der Waals surface area contributed by atoms with Gasteiger partial charge in [0.25, 0.3) is 0 Å². The highest BCUT2D eigenvalue weighted by Gasteiger charge is 2.19. The average molecular weight is 456 g/mol. The third-order valence-corrected chi connectivity index (χ3v) is 6.88. The largest absolute Gasteiger partial charge is 0.369 e. The Kier molecular flexibility index (Phi) is 5.96. The standard InChI is InChI=1S/C27H33N7/c1-18(2)33-12-14-34(15-13-33)23-9-7-21(8-10-23)22-16-24(29-26-11-6-19(3)30-31-26)27-25(17-22)32(5)20(4)28-27/h6-11,16-18H,12-15H2,1-5H3,(H,29,31). The number of fused-ring (bicyclic) bond motifs is 1. The summed E-state index contributed by atoms with van der Waals surface area (Å²) in [5, 5.41) is 11.9. The number of hydrogen-bond donors (Lipinski definition) is 1. The summed E-state index contributed by atoms with van der Waals surface area (Å²) >= 11 is 0. The van der Waals surface area contributed by atoms with Gasteiger partial charge in [0.1, 0.15) is 11.3 Å². The van der Waals surface area contributed by atoms with E-state index in [-0.39, 0.29) is 0 Å². The fraction of sp³-hybridized carbons (Fsp3) is 0.370. The van der Waals surface area contributed by atoms with E-state index in [0.29, 0.717) is 11.9 Å². The molecule has 1 aliphatic heterocycles. The second-order valence-corrected chi connectivity index (χ2v) is 9.46. The first-order valence-electron chi connectivity index (χ1n) is 12.0. The lowest BCUT2D eigenvalue weighted by Crippen LogP contribution is -2.48. The minimum absolute atomic E-state index is 0.615. The van der Waals surface area contributed by atoms with Gasteiger partial charge in [0.15, 0.2) is 5.82 Å². The van der Waals surface area contributed by atoms with Crippen LogP contribution in [-0.2, 0) is 7.05 Å². The molecule has 176 valence electrons. The molecule has 0 atom stereocenters. The molecule has 0 radical (unpaired) electrons. The molecule has 0 amide bonds. The second-order valence-electron chi connectivity index (χ2n) is 9.46. The molecule has 1 fully saturated rings. The van der Waals surface area contributed by atoms with Gasteiger partial charge in [-0.05, 0) is 75.2 Å². The van der Waals surface area contributed by atoms with Crippen LogP contribution in [0.25, 0.3) is 22.2 Å². The zero-order valence-electron chi connectivity index (χ0n) is 20.7. The monoisotopic (exact) mass is 455 g/mol. The number of aromatic nitrogens is 4. The summed E-state index contributed by atoms with van der Waals surface area (Å²) in [6.07, 6.45) is 0. The molecule has 7 heteroatoms. The Balaban J connectivity index is 1.45.